The van der Waals surface area contributed by atoms with Gasteiger partial charge in [0.25, 0.3) is 5.91 Å². The number of pyridine rings is 1. The van der Waals surface area contributed by atoms with E-state index in [1.54, 1.807) is 4.68 Å². The van der Waals surface area contributed by atoms with Crippen LogP contribution in [-0.2, 0) is 11.8 Å². The molecule has 1 atom stereocenters. The molecule has 3 rings (SSSR count). The van der Waals surface area contributed by atoms with Gasteiger partial charge in [-0.25, -0.2) is 9.67 Å². The molecule has 3 heterocycles. The van der Waals surface area contributed by atoms with Crippen molar-refractivity contribution in [2.24, 2.45) is 7.05 Å². The average molecular weight is 317 g/mol. The van der Waals surface area contributed by atoms with Gasteiger partial charge in [0.1, 0.15) is 0 Å². The highest BCUT2D eigenvalue weighted by molar-refractivity contribution is 5.85. The number of ether oxygens (including phenoxy) is 1. The monoisotopic (exact) mass is 317 g/mol. The number of rotatable bonds is 3. The molecule has 1 saturated heterocycles. The number of amides is 1. The van der Waals surface area contributed by atoms with Crippen molar-refractivity contribution < 1.29 is 9.53 Å². The van der Waals surface area contributed by atoms with Crippen molar-refractivity contribution in [2.75, 3.05) is 26.2 Å². The Bertz CT molecular complexity index is 740. The largest absolute Gasteiger partial charge is 0.466 e. The van der Waals surface area contributed by atoms with Crippen LogP contribution in [0.15, 0.2) is 6.07 Å². The molecule has 0 aromatic carbocycles. The lowest BCUT2D eigenvalue weighted by Gasteiger charge is -2.31. The fourth-order valence-corrected chi connectivity index (χ4v) is 3.03. The van der Waals surface area contributed by atoms with Crippen LogP contribution >= 0.6 is 0 Å². The maximum absolute atomic E-state index is 12.3. The second-order valence-corrected chi connectivity index (χ2v) is 6.19. The summed E-state index contributed by atoms with van der Waals surface area (Å²) in [6.07, 6.45) is 0. The highest BCUT2D eigenvalue weighted by atomic mass is 16.5. The number of nitrogens with zero attached hydrogens (tertiary/aromatic N) is 4. The second-order valence-electron chi connectivity index (χ2n) is 6.19. The fourth-order valence-electron chi connectivity index (χ4n) is 3.03. The maximum atomic E-state index is 12.3. The number of fused-ring (bicyclic) bond motifs is 1. The first kappa shape index (κ1) is 15.7. The fraction of sp³-hybridized carbons (Fsp3) is 0.562. The van der Waals surface area contributed by atoms with Crippen molar-refractivity contribution in [1.82, 2.24) is 25.0 Å². The normalized spacial score (nSPS) is 18.4. The van der Waals surface area contributed by atoms with E-state index in [2.05, 4.69) is 22.3 Å². The summed E-state index contributed by atoms with van der Waals surface area (Å²) < 4.78 is 7.42. The van der Waals surface area contributed by atoms with Gasteiger partial charge in [-0.1, -0.05) is 0 Å². The number of aromatic nitrogens is 3. The first-order valence-electron chi connectivity index (χ1n) is 7.90. The average Bonchev–Trinajstić information content (AvgIpc) is 2.81. The Morgan fingerprint density at radius 1 is 1.48 bits per heavy atom. The molecule has 1 fully saturated rings. The van der Waals surface area contributed by atoms with Crippen LogP contribution < -0.4 is 10.1 Å². The molecule has 1 aliphatic heterocycles. The van der Waals surface area contributed by atoms with Gasteiger partial charge in [-0.15, -0.1) is 5.10 Å². The molecule has 23 heavy (non-hydrogen) atoms. The topological polar surface area (TPSA) is 72.3 Å². The Balaban J connectivity index is 1.76. The van der Waals surface area contributed by atoms with E-state index in [0.717, 1.165) is 35.4 Å². The molecule has 0 saturated carbocycles. The molecule has 124 valence electrons. The number of nitrogens with one attached hydrogen (secondary N) is 1. The number of carbonyl (C=O) groups excluding carboxylic acids is 1. The summed E-state index contributed by atoms with van der Waals surface area (Å²) in [5.74, 6) is 0.471. The van der Waals surface area contributed by atoms with Crippen molar-refractivity contribution in [1.29, 1.82) is 0 Å². The van der Waals surface area contributed by atoms with Gasteiger partial charge < -0.3 is 15.0 Å². The molecular weight excluding hydrogens is 294 g/mol. The number of hydrogen-bond acceptors (Lipinski definition) is 5. The van der Waals surface area contributed by atoms with E-state index in [9.17, 15) is 4.79 Å². The Labute approximate surface area is 135 Å². The Kier molecular flexibility index (Phi) is 4.21. The van der Waals surface area contributed by atoms with Gasteiger partial charge >= 0.3 is 0 Å². The second kappa shape index (κ2) is 6.16. The smallest absolute Gasteiger partial charge is 0.260 e. The summed E-state index contributed by atoms with van der Waals surface area (Å²) in [7, 11) is 1.83. The van der Waals surface area contributed by atoms with Crippen molar-refractivity contribution >= 4 is 16.9 Å². The zero-order chi connectivity index (χ0) is 16.6. The Morgan fingerprint density at radius 3 is 3.00 bits per heavy atom. The van der Waals surface area contributed by atoms with E-state index in [-0.39, 0.29) is 12.5 Å². The zero-order valence-electron chi connectivity index (χ0n) is 14.1. The third-order valence-corrected chi connectivity index (χ3v) is 4.14. The minimum absolute atomic E-state index is 0.00474. The van der Waals surface area contributed by atoms with Gasteiger partial charge in [-0.05, 0) is 32.4 Å². The van der Waals surface area contributed by atoms with Gasteiger partial charge in [0.2, 0.25) is 5.88 Å². The molecule has 1 unspecified atom stereocenters. The van der Waals surface area contributed by atoms with E-state index < -0.39 is 0 Å². The van der Waals surface area contributed by atoms with Crippen LogP contribution in [0.4, 0.5) is 0 Å². The van der Waals surface area contributed by atoms with Gasteiger partial charge in [-0.3, -0.25) is 4.79 Å². The maximum Gasteiger partial charge on any atom is 0.260 e. The number of aryl methyl sites for hydroxylation is 3. The van der Waals surface area contributed by atoms with Gasteiger partial charge in [-0.2, -0.15) is 0 Å². The van der Waals surface area contributed by atoms with Crippen LogP contribution in [0.1, 0.15) is 18.2 Å². The molecule has 1 N–H and O–H groups in total. The number of carbonyl (C=O) groups is 1. The summed E-state index contributed by atoms with van der Waals surface area (Å²) in [6.45, 7) is 8.29. The predicted octanol–water partition coefficient (Wildman–Crippen LogP) is 0.784. The predicted molar refractivity (Wildman–Crippen MR) is 87.5 cm³/mol. The molecule has 0 bridgehead atoms. The summed E-state index contributed by atoms with van der Waals surface area (Å²) >= 11 is 0. The molecule has 2 aromatic heterocycles. The third-order valence-electron chi connectivity index (χ3n) is 4.14. The van der Waals surface area contributed by atoms with E-state index >= 15 is 0 Å². The van der Waals surface area contributed by atoms with E-state index in [4.69, 9.17) is 4.74 Å². The first-order valence-corrected chi connectivity index (χ1v) is 7.90. The van der Waals surface area contributed by atoms with Crippen LogP contribution in [0.25, 0.3) is 11.0 Å². The molecule has 0 aliphatic carbocycles. The lowest BCUT2D eigenvalue weighted by atomic mass is 10.2. The molecule has 7 heteroatoms. The first-order chi connectivity index (χ1) is 11.0. The molecular formula is C16H23N5O2. The molecule has 1 aliphatic rings. The van der Waals surface area contributed by atoms with Gasteiger partial charge in [0.15, 0.2) is 12.3 Å². The zero-order valence-corrected chi connectivity index (χ0v) is 14.1. The van der Waals surface area contributed by atoms with Crippen molar-refractivity contribution in [3.63, 3.8) is 0 Å². The molecule has 0 radical (unpaired) electrons. The van der Waals surface area contributed by atoms with Crippen molar-refractivity contribution in [3.05, 3.63) is 17.3 Å². The Morgan fingerprint density at radius 2 is 2.26 bits per heavy atom. The summed E-state index contributed by atoms with van der Waals surface area (Å²) in [5.41, 5.74) is 2.77. The number of piperazine rings is 1. The van der Waals surface area contributed by atoms with Crippen molar-refractivity contribution in [3.8, 4) is 5.88 Å². The third kappa shape index (κ3) is 3.14. The van der Waals surface area contributed by atoms with Gasteiger partial charge in [0, 0.05) is 38.4 Å². The summed E-state index contributed by atoms with van der Waals surface area (Å²) in [6, 6.07) is 2.31. The molecule has 0 spiro atoms. The molecule has 1 amide bonds. The SMILES string of the molecule is Cc1cc(C)c2c(OCC(=O)N3CCNC(C)C3)nn(C)c2n1. The highest BCUT2D eigenvalue weighted by Gasteiger charge is 2.22. The van der Waals surface area contributed by atoms with E-state index in [1.807, 2.05) is 31.9 Å². The molecule has 2 aromatic rings. The van der Waals surface area contributed by atoms with Gasteiger partial charge in [0.05, 0.1) is 5.39 Å². The van der Waals surface area contributed by atoms with Crippen LogP contribution in [0.2, 0.25) is 0 Å². The van der Waals surface area contributed by atoms with Crippen molar-refractivity contribution in [2.45, 2.75) is 26.8 Å². The van der Waals surface area contributed by atoms with Crippen LogP contribution in [0.3, 0.4) is 0 Å². The Hall–Kier alpha value is -2.15. The van der Waals surface area contributed by atoms with E-state index in [0.29, 0.717) is 18.5 Å². The minimum Gasteiger partial charge on any atom is -0.466 e. The number of hydrogen-bond donors (Lipinski definition) is 1. The quantitative estimate of drug-likeness (QED) is 0.906. The van der Waals surface area contributed by atoms with Crippen LogP contribution in [0.5, 0.6) is 5.88 Å². The highest BCUT2D eigenvalue weighted by Crippen LogP contribution is 2.27. The summed E-state index contributed by atoms with van der Waals surface area (Å²) in [4.78, 5) is 18.7. The summed E-state index contributed by atoms with van der Waals surface area (Å²) in [5, 5.41) is 8.57. The van der Waals surface area contributed by atoms with Crippen LogP contribution in [0, 0.1) is 13.8 Å². The van der Waals surface area contributed by atoms with E-state index in [1.165, 1.54) is 0 Å². The lowest BCUT2D eigenvalue weighted by Crippen LogP contribution is -2.52. The minimum atomic E-state index is -0.00474. The molecule has 7 nitrogen and oxygen atoms in total. The van der Waals surface area contributed by atoms with Crippen LogP contribution in [-0.4, -0.2) is 57.9 Å². The lowest BCUT2D eigenvalue weighted by molar-refractivity contribution is -0.134. The standard InChI is InChI=1S/C16H23N5O2/c1-10-7-11(2)18-15-14(10)16(19-20(15)4)23-9-13(22)21-6-5-17-12(3)8-21/h7,12,17H,5-6,8-9H2,1-4H3.